The van der Waals surface area contributed by atoms with Gasteiger partial charge in [-0.05, 0) is 32.0 Å². The monoisotopic (exact) mass is 266 g/mol. The quantitative estimate of drug-likeness (QED) is 0.522. The molecule has 0 fully saturated rings. The summed E-state index contributed by atoms with van der Waals surface area (Å²) >= 11 is 0. The Morgan fingerprint density at radius 1 is 1.11 bits per heavy atom. The van der Waals surface area contributed by atoms with Crippen molar-refractivity contribution in [2.24, 2.45) is 0 Å². The van der Waals surface area contributed by atoms with E-state index in [1.807, 2.05) is 31.2 Å². The third-order valence-corrected chi connectivity index (χ3v) is 3.00. The van der Waals surface area contributed by atoms with Crippen LogP contribution in [0.15, 0.2) is 24.3 Å². The highest BCUT2D eigenvalue weighted by Crippen LogP contribution is 2.19. The van der Waals surface area contributed by atoms with Gasteiger partial charge >= 0.3 is 0 Å². The average Bonchev–Trinajstić information content (AvgIpc) is 2.43. The van der Waals surface area contributed by atoms with Gasteiger partial charge in [-0.2, -0.15) is 0 Å². The van der Waals surface area contributed by atoms with Gasteiger partial charge in [0.15, 0.2) is 0 Å². The van der Waals surface area contributed by atoms with Crippen LogP contribution in [0.2, 0.25) is 0 Å². The summed E-state index contributed by atoms with van der Waals surface area (Å²) in [5, 5.41) is 0. The lowest BCUT2D eigenvalue weighted by Crippen LogP contribution is -2.29. The van der Waals surface area contributed by atoms with Crippen LogP contribution in [0.25, 0.3) is 0 Å². The molecule has 108 valence electrons. The van der Waals surface area contributed by atoms with Crippen LogP contribution in [0, 0.1) is 0 Å². The molecule has 4 heteroatoms. The number of nitrogen functional groups attached to an aromatic ring is 1. The Morgan fingerprint density at radius 2 is 1.89 bits per heavy atom. The molecule has 1 aromatic rings. The molecule has 2 N–H and O–H groups in total. The van der Waals surface area contributed by atoms with Gasteiger partial charge in [-0.1, -0.05) is 19.1 Å². The molecular weight excluding hydrogens is 240 g/mol. The van der Waals surface area contributed by atoms with Crippen molar-refractivity contribution in [1.82, 2.24) is 4.90 Å². The Balaban J connectivity index is 2.16. The van der Waals surface area contributed by atoms with Gasteiger partial charge in [0.05, 0.1) is 18.9 Å². The minimum atomic E-state index is 0.694. The summed E-state index contributed by atoms with van der Waals surface area (Å²) in [5.41, 5.74) is 6.52. The Kier molecular flexibility index (Phi) is 8.02. The van der Waals surface area contributed by atoms with E-state index in [0.717, 1.165) is 45.0 Å². The highest BCUT2D eigenvalue weighted by atomic mass is 16.5. The number of hydrogen-bond donors (Lipinski definition) is 1. The SMILES string of the molecule is CCOCCN(CC)CCCOc1ccccc1N. The number of nitrogens with zero attached hydrogens (tertiary/aromatic N) is 1. The summed E-state index contributed by atoms with van der Waals surface area (Å²) < 4.78 is 11.0. The first kappa shape index (κ1) is 15.8. The summed E-state index contributed by atoms with van der Waals surface area (Å²) in [6.07, 6.45) is 0.994. The summed E-state index contributed by atoms with van der Waals surface area (Å²) in [4.78, 5) is 2.37. The maximum Gasteiger partial charge on any atom is 0.142 e. The summed E-state index contributed by atoms with van der Waals surface area (Å²) in [6, 6.07) is 7.61. The second-order valence-electron chi connectivity index (χ2n) is 4.37. The first-order valence-electron chi connectivity index (χ1n) is 7.05. The van der Waals surface area contributed by atoms with E-state index in [1.165, 1.54) is 0 Å². The fourth-order valence-corrected chi connectivity index (χ4v) is 1.85. The lowest BCUT2D eigenvalue weighted by molar-refractivity contribution is 0.113. The fraction of sp³-hybridized carbons (Fsp3) is 0.600. The largest absolute Gasteiger partial charge is 0.491 e. The Bertz CT molecular complexity index is 345. The molecule has 1 aromatic carbocycles. The lowest BCUT2D eigenvalue weighted by atomic mass is 10.3. The highest BCUT2D eigenvalue weighted by molar-refractivity contribution is 5.51. The van der Waals surface area contributed by atoms with Crippen molar-refractivity contribution >= 4 is 5.69 Å². The number of likely N-dealkylation sites (N-methyl/N-ethyl adjacent to an activating group) is 1. The van der Waals surface area contributed by atoms with E-state index in [1.54, 1.807) is 0 Å². The molecule has 0 amide bonds. The standard InChI is InChI=1S/C15H26N2O2/c1-3-17(11-13-18-4-2)10-7-12-19-15-9-6-5-8-14(15)16/h5-6,8-9H,3-4,7,10-13,16H2,1-2H3. The Morgan fingerprint density at radius 3 is 2.58 bits per heavy atom. The van der Waals surface area contributed by atoms with E-state index in [9.17, 15) is 0 Å². The Hall–Kier alpha value is -1.26. The van der Waals surface area contributed by atoms with Crippen molar-refractivity contribution in [2.75, 3.05) is 45.2 Å². The van der Waals surface area contributed by atoms with Crippen molar-refractivity contribution in [3.05, 3.63) is 24.3 Å². The van der Waals surface area contributed by atoms with Crippen molar-refractivity contribution in [2.45, 2.75) is 20.3 Å². The third kappa shape index (κ3) is 6.45. The van der Waals surface area contributed by atoms with Crippen LogP contribution >= 0.6 is 0 Å². The van der Waals surface area contributed by atoms with Crippen LogP contribution < -0.4 is 10.5 Å². The van der Waals surface area contributed by atoms with Crippen LogP contribution in [0.1, 0.15) is 20.3 Å². The number of rotatable bonds is 10. The predicted octanol–water partition coefficient (Wildman–Crippen LogP) is 2.40. The van der Waals surface area contributed by atoms with Gasteiger partial charge in [-0.25, -0.2) is 0 Å². The molecule has 0 aliphatic rings. The van der Waals surface area contributed by atoms with E-state index in [0.29, 0.717) is 12.3 Å². The van der Waals surface area contributed by atoms with Crippen molar-refractivity contribution < 1.29 is 9.47 Å². The van der Waals surface area contributed by atoms with Gasteiger partial charge < -0.3 is 20.1 Å². The maximum absolute atomic E-state index is 5.82. The molecule has 19 heavy (non-hydrogen) atoms. The molecule has 4 nitrogen and oxygen atoms in total. The molecule has 0 spiro atoms. The van der Waals surface area contributed by atoms with Gasteiger partial charge in [0, 0.05) is 19.7 Å². The summed E-state index contributed by atoms with van der Waals surface area (Å²) in [6.45, 7) is 9.52. The average molecular weight is 266 g/mol. The fourth-order valence-electron chi connectivity index (χ4n) is 1.85. The normalized spacial score (nSPS) is 10.9. The molecular formula is C15H26N2O2. The van der Waals surface area contributed by atoms with Crippen LogP contribution in [0.4, 0.5) is 5.69 Å². The van der Waals surface area contributed by atoms with E-state index >= 15 is 0 Å². The van der Waals surface area contributed by atoms with E-state index < -0.39 is 0 Å². The van der Waals surface area contributed by atoms with Gasteiger partial charge in [-0.3, -0.25) is 0 Å². The first-order chi connectivity index (χ1) is 9.27. The molecule has 0 aromatic heterocycles. The molecule has 0 radical (unpaired) electrons. The number of hydrogen-bond acceptors (Lipinski definition) is 4. The molecule has 0 aliphatic heterocycles. The van der Waals surface area contributed by atoms with Crippen molar-refractivity contribution in [3.63, 3.8) is 0 Å². The summed E-state index contributed by atoms with van der Waals surface area (Å²) in [7, 11) is 0. The second kappa shape index (κ2) is 9.64. The minimum absolute atomic E-state index is 0.694. The molecule has 0 saturated heterocycles. The van der Waals surface area contributed by atoms with Gasteiger partial charge in [0.25, 0.3) is 0 Å². The molecule has 0 atom stereocenters. The Labute approximate surface area is 116 Å². The van der Waals surface area contributed by atoms with Crippen LogP contribution in [0.3, 0.4) is 0 Å². The minimum Gasteiger partial charge on any atom is -0.491 e. The topological polar surface area (TPSA) is 47.7 Å². The highest BCUT2D eigenvalue weighted by Gasteiger charge is 2.03. The van der Waals surface area contributed by atoms with Crippen LogP contribution in [-0.2, 0) is 4.74 Å². The number of benzene rings is 1. The van der Waals surface area contributed by atoms with Gasteiger partial charge in [-0.15, -0.1) is 0 Å². The lowest BCUT2D eigenvalue weighted by Gasteiger charge is -2.20. The first-order valence-corrected chi connectivity index (χ1v) is 7.05. The maximum atomic E-state index is 5.82. The van der Waals surface area contributed by atoms with Gasteiger partial charge in [0.2, 0.25) is 0 Å². The predicted molar refractivity (Wildman–Crippen MR) is 79.6 cm³/mol. The number of nitrogens with two attached hydrogens (primary N) is 1. The van der Waals surface area contributed by atoms with Crippen LogP contribution in [0.5, 0.6) is 5.75 Å². The summed E-state index contributed by atoms with van der Waals surface area (Å²) in [5.74, 6) is 0.778. The zero-order chi connectivity index (χ0) is 13.9. The van der Waals surface area contributed by atoms with E-state index in [-0.39, 0.29) is 0 Å². The smallest absolute Gasteiger partial charge is 0.142 e. The molecule has 0 unspecified atom stereocenters. The number of anilines is 1. The second-order valence-corrected chi connectivity index (χ2v) is 4.37. The van der Waals surface area contributed by atoms with Crippen LogP contribution in [-0.4, -0.2) is 44.4 Å². The molecule has 0 aliphatic carbocycles. The van der Waals surface area contributed by atoms with E-state index in [2.05, 4.69) is 11.8 Å². The molecule has 1 rings (SSSR count). The zero-order valence-electron chi connectivity index (χ0n) is 12.1. The van der Waals surface area contributed by atoms with Gasteiger partial charge in [0.1, 0.15) is 5.75 Å². The van der Waals surface area contributed by atoms with Crippen molar-refractivity contribution in [3.8, 4) is 5.75 Å². The van der Waals surface area contributed by atoms with E-state index in [4.69, 9.17) is 15.2 Å². The van der Waals surface area contributed by atoms with Crippen molar-refractivity contribution in [1.29, 1.82) is 0 Å². The number of para-hydroxylation sites is 2. The molecule has 0 heterocycles. The zero-order valence-corrected chi connectivity index (χ0v) is 12.1. The molecule has 0 saturated carbocycles. The third-order valence-electron chi connectivity index (χ3n) is 3.00. The molecule has 0 bridgehead atoms. The number of ether oxygens (including phenoxy) is 2.